The molecule has 2 N–H and O–H groups in total. The molecule has 0 radical (unpaired) electrons. The Hall–Kier alpha value is -3.54. The third-order valence-electron chi connectivity index (χ3n) is 2.94. The van der Waals surface area contributed by atoms with E-state index in [0.717, 1.165) is 17.1 Å². The van der Waals surface area contributed by atoms with Crippen LogP contribution >= 0.6 is 0 Å². The Morgan fingerprint density at radius 2 is 2.14 bits per heavy atom. The molecule has 1 aromatic carbocycles. The van der Waals surface area contributed by atoms with Crippen molar-refractivity contribution in [1.29, 1.82) is 5.26 Å². The van der Waals surface area contributed by atoms with Crippen molar-refractivity contribution in [2.24, 2.45) is 7.05 Å². The summed E-state index contributed by atoms with van der Waals surface area (Å²) in [5.41, 5.74) is 2.06. The van der Waals surface area contributed by atoms with Crippen LogP contribution in [0.25, 0.3) is 17.0 Å². The molecule has 3 rings (SSSR count). The standard InChI is InChI=1S/C13H11N9/c1-22-8-16-19-13(22)9-2-4-11(5-3-9)15-7-10(6-14)12-17-20-21-18-12/h2-5,7-8,15H,1H3,(H,17,18,20,21). The first-order chi connectivity index (χ1) is 10.8. The lowest BCUT2D eigenvalue weighted by molar-refractivity contribution is 0.881. The van der Waals surface area contributed by atoms with Gasteiger partial charge in [-0.05, 0) is 29.5 Å². The highest BCUT2D eigenvalue weighted by atomic mass is 15.5. The largest absolute Gasteiger partial charge is 0.360 e. The predicted molar refractivity (Wildman–Crippen MR) is 77.8 cm³/mol. The minimum absolute atomic E-state index is 0.241. The van der Waals surface area contributed by atoms with Crippen LogP contribution in [0.4, 0.5) is 5.69 Å². The van der Waals surface area contributed by atoms with Gasteiger partial charge >= 0.3 is 0 Å². The highest BCUT2D eigenvalue weighted by molar-refractivity contribution is 5.74. The second-order valence-electron chi connectivity index (χ2n) is 4.39. The number of nitriles is 1. The number of aromatic nitrogens is 7. The molecule has 22 heavy (non-hydrogen) atoms. The summed E-state index contributed by atoms with van der Waals surface area (Å²) in [7, 11) is 1.88. The highest BCUT2D eigenvalue weighted by Gasteiger charge is 2.06. The van der Waals surface area contributed by atoms with Crippen LogP contribution in [-0.2, 0) is 7.05 Å². The smallest absolute Gasteiger partial charge is 0.216 e. The van der Waals surface area contributed by atoms with Crippen molar-refractivity contribution < 1.29 is 0 Å². The molecular weight excluding hydrogens is 282 g/mol. The number of hydrogen-bond acceptors (Lipinski definition) is 7. The molecule has 2 heterocycles. The maximum Gasteiger partial charge on any atom is 0.216 e. The van der Waals surface area contributed by atoms with Crippen LogP contribution in [-0.4, -0.2) is 35.4 Å². The summed E-state index contributed by atoms with van der Waals surface area (Å²) in [6.07, 6.45) is 3.18. The zero-order valence-corrected chi connectivity index (χ0v) is 11.6. The molecule has 9 nitrogen and oxygen atoms in total. The van der Waals surface area contributed by atoms with Crippen LogP contribution in [0, 0.1) is 11.3 Å². The van der Waals surface area contributed by atoms with Crippen LogP contribution in [0.15, 0.2) is 36.8 Å². The van der Waals surface area contributed by atoms with Crippen molar-refractivity contribution in [1.82, 2.24) is 35.4 Å². The Morgan fingerprint density at radius 1 is 1.32 bits per heavy atom. The van der Waals surface area contributed by atoms with Gasteiger partial charge in [0.15, 0.2) is 5.82 Å². The van der Waals surface area contributed by atoms with E-state index in [4.69, 9.17) is 5.26 Å². The van der Waals surface area contributed by atoms with Crippen molar-refractivity contribution in [2.45, 2.75) is 0 Å². The Kier molecular flexibility index (Phi) is 3.57. The molecule has 0 fully saturated rings. The first kappa shape index (κ1) is 13.4. The number of aromatic amines is 1. The number of nitrogens with zero attached hydrogens (tertiary/aromatic N) is 7. The van der Waals surface area contributed by atoms with E-state index in [1.165, 1.54) is 6.20 Å². The third kappa shape index (κ3) is 2.66. The maximum absolute atomic E-state index is 9.08. The molecule has 9 heteroatoms. The Labute approximate surface area is 125 Å². The van der Waals surface area contributed by atoms with Gasteiger partial charge in [0.25, 0.3) is 0 Å². The summed E-state index contributed by atoms with van der Waals surface area (Å²) < 4.78 is 1.84. The molecule has 0 saturated heterocycles. The van der Waals surface area contributed by atoms with Crippen LogP contribution in [0.5, 0.6) is 0 Å². The van der Waals surface area contributed by atoms with Crippen molar-refractivity contribution in [3.63, 3.8) is 0 Å². The van der Waals surface area contributed by atoms with Crippen LogP contribution in [0.1, 0.15) is 5.82 Å². The fraction of sp³-hybridized carbons (Fsp3) is 0.0769. The number of nitrogens with one attached hydrogen (secondary N) is 2. The minimum Gasteiger partial charge on any atom is -0.360 e. The van der Waals surface area contributed by atoms with E-state index in [1.54, 1.807) is 6.33 Å². The molecule has 2 aromatic heterocycles. The Balaban J connectivity index is 1.77. The summed E-state index contributed by atoms with van der Waals surface area (Å²) in [6, 6.07) is 9.60. The highest BCUT2D eigenvalue weighted by Crippen LogP contribution is 2.19. The van der Waals surface area contributed by atoms with E-state index >= 15 is 0 Å². The molecule has 3 aromatic rings. The summed E-state index contributed by atoms with van der Waals surface area (Å²) >= 11 is 0. The number of allylic oxidation sites excluding steroid dienone is 1. The Morgan fingerprint density at radius 3 is 2.73 bits per heavy atom. The number of aryl methyl sites for hydroxylation is 1. The molecule has 0 aliphatic carbocycles. The van der Waals surface area contributed by atoms with Crippen molar-refractivity contribution in [2.75, 3.05) is 5.32 Å². The number of hydrogen-bond donors (Lipinski definition) is 2. The van der Waals surface area contributed by atoms with E-state index in [9.17, 15) is 0 Å². The lowest BCUT2D eigenvalue weighted by Gasteiger charge is -2.04. The van der Waals surface area contributed by atoms with E-state index < -0.39 is 0 Å². The van der Waals surface area contributed by atoms with Gasteiger partial charge in [0.2, 0.25) is 5.82 Å². The molecule has 0 unspecified atom stereocenters. The molecule has 0 bridgehead atoms. The van der Waals surface area contributed by atoms with Crippen molar-refractivity contribution in [3.05, 3.63) is 42.6 Å². The average molecular weight is 293 g/mol. The molecule has 0 atom stereocenters. The summed E-state index contributed by atoms with van der Waals surface area (Å²) in [5, 5.41) is 33.2. The monoisotopic (exact) mass is 293 g/mol. The lowest BCUT2D eigenvalue weighted by Crippen LogP contribution is -1.94. The number of anilines is 1. The number of rotatable bonds is 4. The Bertz CT molecular complexity index is 821. The first-order valence-corrected chi connectivity index (χ1v) is 6.33. The van der Waals surface area contributed by atoms with E-state index in [-0.39, 0.29) is 11.4 Å². The molecule has 0 aliphatic heterocycles. The maximum atomic E-state index is 9.08. The molecule has 0 spiro atoms. The zero-order chi connectivity index (χ0) is 15.4. The SMILES string of the molecule is Cn1cnnc1-c1ccc(NC=C(C#N)c2nn[nH]n2)cc1. The third-order valence-corrected chi connectivity index (χ3v) is 2.94. The van der Waals surface area contributed by atoms with Gasteiger partial charge in [-0.3, -0.25) is 0 Å². The second kappa shape index (κ2) is 5.84. The lowest BCUT2D eigenvalue weighted by atomic mass is 10.2. The molecular formula is C13H11N9. The molecule has 0 aliphatic rings. The van der Waals surface area contributed by atoms with Gasteiger partial charge in [-0.25, -0.2) is 0 Å². The van der Waals surface area contributed by atoms with Crippen molar-refractivity contribution in [3.8, 4) is 17.5 Å². The van der Waals surface area contributed by atoms with Crippen molar-refractivity contribution >= 4 is 11.3 Å². The first-order valence-electron chi connectivity index (χ1n) is 6.33. The number of benzene rings is 1. The predicted octanol–water partition coefficient (Wildman–Crippen LogP) is 0.972. The fourth-order valence-corrected chi connectivity index (χ4v) is 1.84. The van der Waals surface area contributed by atoms with E-state index in [0.29, 0.717) is 0 Å². The molecule has 0 saturated carbocycles. The topological polar surface area (TPSA) is 121 Å². The van der Waals surface area contributed by atoms with Crippen LogP contribution < -0.4 is 5.32 Å². The number of H-pyrrole nitrogens is 1. The van der Waals surface area contributed by atoms with E-state index in [2.05, 4.69) is 36.1 Å². The van der Waals surface area contributed by atoms with Gasteiger partial charge in [-0.15, -0.1) is 20.4 Å². The summed E-state index contributed by atoms with van der Waals surface area (Å²) in [6.45, 7) is 0. The van der Waals surface area contributed by atoms with Gasteiger partial charge in [-0.2, -0.15) is 10.5 Å². The molecule has 108 valence electrons. The minimum atomic E-state index is 0.241. The number of tetrazole rings is 1. The fourth-order valence-electron chi connectivity index (χ4n) is 1.84. The van der Waals surface area contributed by atoms with E-state index in [1.807, 2.05) is 41.9 Å². The van der Waals surface area contributed by atoms with Gasteiger partial charge in [0.05, 0.1) is 0 Å². The summed E-state index contributed by atoms with van der Waals surface area (Å²) in [4.78, 5) is 0. The normalized spacial score (nSPS) is 11.2. The second-order valence-corrected chi connectivity index (χ2v) is 4.39. The van der Waals surface area contributed by atoms with Crippen LogP contribution in [0.3, 0.4) is 0 Å². The quantitative estimate of drug-likeness (QED) is 0.687. The van der Waals surface area contributed by atoms with Gasteiger partial charge < -0.3 is 9.88 Å². The van der Waals surface area contributed by atoms with Crippen LogP contribution in [0.2, 0.25) is 0 Å². The van der Waals surface area contributed by atoms with Gasteiger partial charge in [0, 0.05) is 24.5 Å². The zero-order valence-electron chi connectivity index (χ0n) is 11.6. The average Bonchev–Trinajstić information content (AvgIpc) is 3.20. The molecule has 0 amide bonds. The van der Waals surface area contributed by atoms with Gasteiger partial charge in [-0.1, -0.05) is 0 Å². The summed E-state index contributed by atoms with van der Waals surface area (Å²) in [5.74, 6) is 1.03. The van der Waals surface area contributed by atoms with Gasteiger partial charge in [0.1, 0.15) is 18.0 Å².